The average molecular weight is 141 g/mol. The highest BCUT2D eigenvalue weighted by atomic mass is 14.6. The quantitative estimate of drug-likeness (QED) is 0.638. The van der Waals surface area contributed by atoms with Crippen LogP contribution in [-0.4, -0.2) is 6.04 Å². The third-order valence-electron chi connectivity index (χ3n) is 2.11. The monoisotopic (exact) mass is 141 g/mol. The van der Waals surface area contributed by atoms with Crippen molar-refractivity contribution in [2.24, 2.45) is 17.6 Å². The Labute approximate surface area is 64.0 Å². The Morgan fingerprint density at radius 1 is 1.40 bits per heavy atom. The Kier molecular flexibility index (Phi) is 2.72. The van der Waals surface area contributed by atoms with Crippen LogP contribution in [0, 0.1) is 11.8 Å². The van der Waals surface area contributed by atoms with Gasteiger partial charge in [0.25, 0.3) is 0 Å². The van der Waals surface area contributed by atoms with E-state index in [-0.39, 0.29) is 0 Å². The van der Waals surface area contributed by atoms with E-state index in [1.54, 1.807) is 0 Å². The molecule has 1 rings (SSSR count). The minimum Gasteiger partial charge on any atom is -0.328 e. The van der Waals surface area contributed by atoms with Crippen LogP contribution in [0.3, 0.4) is 0 Å². The molecule has 0 amide bonds. The van der Waals surface area contributed by atoms with Crippen molar-refractivity contribution in [1.82, 2.24) is 0 Å². The second-order valence-corrected chi connectivity index (χ2v) is 4.07. The van der Waals surface area contributed by atoms with Crippen LogP contribution in [-0.2, 0) is 0 Å². The summed E-state index contributed by atoms with van der Waals surface area (Å²) in [4.78, 5) is 0. The van der Waals surface area contributed by atoms with Crippen molar-refractivity contribution < 1.29 is 0 Å². The fourth-order valence-corrected chi connectivity index (χ4v) is 1.48. The summed E-state index contributed by atoms with van der Waals surface area (Å²) in [5.74, 6) is 1.77. The molecule has 1 heteroatoms. The fraction of sp³-hybridized carbons (Fsp3) is 1.00. The molecule has 0 aliphatic heterocycles. The van der Waals surface area contributed by atoms with Gasteiger partial charge in [-0.05, 0) is 24.7 Å². The lowest BCUT2D eigenvalue weighted by Gasteiger charge is -2.12. The molecule has 1 atom stereocenters. The highest BCUT2D eigenvalue weighted by Gasteiger charge is 2.23. The first-order valence-corrected chi connectivity index (χ1v) is 4.44. The van der Waals surface area contributed by atoms with Crippen molar-refractivity contribution >= 4 is 0 Å². The number of rotatable bonds is 4. The van der Waals surface area contributed by atoms with Gasteiger partial charge in [0.15, 0.2) is 0 Å². The SMILES string of the molecule is CC(C)C[C@@H](N)CC1CC1. The minimum atomic E-state index is 0.479. The number of nitrogens with two attached hydrogens (primary N) is 1. The molecular weight excluding hydrogens is 122 g/mol. The van der Waals surface area contributed by atoms with Gasteiger partial charge in [0.05, 0.1) is 0 Å². The molecule has 0 heterocycles. The normalized spacial score (nSPS) is 21.6. The van der Waals surface area contributed by atoms with Gasteiger partial charge < -0.3 is 5.73 Å². The Bertz CT molecular complexity index is 90.9. The maximum atomic E-state index is 5.92. The molecule has 1 saturated carbocycles. The van der Waals surface area contributed by atoms with Crippen molar-refractivity contribution in [3.05, 3.63) is 0 Å². The first-order chi connectivity index (χ1) is 4.68. The third kappa shape index (κ3) is 3.21. The maximum Gasteiger partial charge on any atom is 0.00439 e. The van der Waals surface area contributed by atoms with Gasteiger partial charge in [0.2, 0.25) is 0 Å². The molecule has 1 aliphatic rings. The lowest BCUT2D eigenvalue weighted by molar-refractivity contribution is 0.455. The topological polar surface area (TPSA) is 26.0 Å². The van der Waals surface area contributed by atoms with Crippen LogP contribution < -0.4 is 5.73 Å². The Hall–Kier alpha value is -0.0400. The molecule has 10 heavy (non-hydrogen) atoms. The van der Waals surface area contributed by atoms with Crippen LogP contribution in [0.15, 0.2) is 0 Å². The Morgan fingerprint density at radius 2 is 2.00 bits per heavy atom. The van der Waals surface area contributed by atoms with E-state index < -0.39 is 0 Å². The lowest BCUT2D eigenvalue weighted by Crippen LogP contribution is -2.22. The van der Waals surface area contributed by atoms with Crippen molar-refractivity contribution in [3.8, 4) is 0 Å². The highest BCUT2D eigenvalue weighted by Crippen LogP contribution is 2.33. The predicted molar refractivity (Wildman–Crippen MR) is 44.8 cm³/mol. The van der Waals surface area contributed by atoms with Gasteiger partial charge in [-0.2, -0.15) is 0 Å². The summed E-state index contributed by atoms with van der Waals surface area (Å²) >= 11 is 0. The average Bonchev–Trinajstić information content (AvgIpc) is 2.46. The molecule has 0 spiro atoms. The lowest BCUT2D eigenvalue weighted by atomic mass is 10.0. The number of hydrogen-bond donors (Lipinski definition) is 1. The van der Waals surface area contributed by atoms with Gasteiger partial charge >= 0.3 is 0 Å². The van der Waals surface area contributed by atoms with E-state index in [1.165, 1.54) is 25.7 Å². The highest BCUT2D eigenvalue weighted by molar-refractivity contribution is 4.78. The summed E-state index contributed by atoms with van der Waals surface area (Å²) in [6.45, 7) is 4.49. The molecule has 1 fully saturated rings. The Balaban J connectivity index is 2.02. The summed E-state index contributed by atoms with van der Waals surface area (Å²) in [7, 11) is 0. The molecule has 1 aliphatic carbocycles. The molecule has 0 unspecified atom stereocenters. The van der Waals surface area contributed by atoms with Crippen LogP contribution in [0.1, 0.15) is 39.5 Å². The largest absolute Gasteiger partial charge is 0.328 e. The molecule has 2 N–H and O–H groups in total. The predicted octanol–water partition coefficient (Wildman–Crippen LogP) is 2.16. The van der Waals surface area contributed by atoms with E-state index in [2.05, 4.69) is 13.8 Å². The van der Waals surface area contributed by atoms with Crippen LogP contribution in [0.25, 0.3) is 0 Å². The van der Waals surface area contributed by atoms with Crippen molar-refractivity contribution in [2.45, 2.75) is 45.6 Å². The first kappa shape index (κ1) is 8.06. The summed E-state index contributed by atoms with van der Waals surface area (Å²) in [6.07, 6.45) is 5.35. The molecule has 60 valence electrons. The van der Waals surface area contributed by atoms with Gasteiger partial charge in [0.1, 0.15) is 0 Å². The zero-order valence-corrected chi connectivity index (χ0v) is 7.14. The van der Waals surface area contributed by atoms with Gasteiger partial charge in [-0.1, -0.05) is 26.7 Å². The van der Waals surface area contributed by atoms with Crippen LogP contribution in [0.2, 0.25) is 0 Å². The third-order valence-corrected chi connectivity index (χ3v) is 2.11. The van der Waals surface area contributed by atoms with E-state index in [4.69, 9.17) is 5.73 Å². The van der Waals surface area contributed by atoms with E-state index >= 15 is 0 Å². The first-order valence-electron chi connectivity index (χ1n) is 4.44. The fourth-order valence-electron chi connectivity index (χ4n) is 1.48. The van der Waals surface area contributed by atoms with Gasteiger partial charge in [-0.25, -0.2) is 0 Å². The van der Waals surface area contributed by atoms with E-state index in [9.17, 15) is 0 Å². The molecule has 0 aromatic heterocycles. The number of hydrogen-bond acceptors (Lipinski definition) is 1. The van der Waals surface area contributed by atoms with Crippen molar-refractivity contribution in [3.63, 3.8) is 0 Å². The standard InChI is InChI=1S/C9H19N/c1-7(2)5-9(10)6-8-3-4-8/h7-9H,3-6,10H2,1-2H3/t9-/m1/s1. The molecule has 1 nitrogen and oxygen atoms in total. The summed E-state index contributed by atoms with van der Waals surface area (Å²) in [5, 5.41) is 0. The molecular formula is C9H19N. The van der Waals surface area contributed by atoms with Gasteiger partial charge in [-0.15, -0.1) is 0 Å². The second kappa shape index (κ2) is 3.38. The van der Waals surface area contributed by atoms with Crippen LogP contribution in [0.4, 0.5) is 0 Å². The molecule has 0 bridgehead atoms. The van der Waals surface area contributed by atoms with Crippen molar-refractivity contribution in [2.75, 3.05) is 0 Å². The molecule has 0 saturated heterocycles. The summed E-state index contributed by atoms with van der Waals surface area (Å²) in [5.41, 5.74) is 5.92. The van der Waals surface area contributed by atoms with Crippen LogP contribution in [0.5, 0.6) is 0 Å². The van der Waals surface area contributed by atoms with E-state index in [0.717, 1.165) is 11.8 Å². The zero-order valence-electron chi connectivity index (χ0n) is 7.14. The van der Waals surface area contributed by atoms with E-state index in [1.807, 2.05) is 0 Å². The van der Waals surface area contributed by atoms with Gasteiger partial charge in [0, 0.05) is 6.04 Å². The smallest absolute Gasteiger partial charge is 0.00439 e. The zero-order chi connectivity index (χ0) is 7.56. The minimum absolute atomic E-state index is 0.479. The van der Waals surface area contributed by atoms with E-state index in [0.29, 0.717) is 6.04 Å². The molecule has 0 radical (unpaired) electrons. The molecule has 0 aromatic rings. The van der Waals surface area contributed by atoms with Crippen LogP contribution >= 0.6 is 0 Å². The second-order valence-electron chi connectivity index (χ2n) is 4.07. The molecule has 0 aromatic carbocycles. The van der Waals surface area contributed by atoms with Crippen molar-refractivity contribution in [1.29, 1.82) is 0 Å². The maximum absolute atomic E-state index is 5.92. The summed E-state index contributed by atoms with van der Waals surface area (Å²) in [6, 6.07) is 0.479. The Morgan fingerprint density at radius 3 is 2.40 bits per heavy atom. The summed E-state index contributed by atoms with van der Waals surface area (Å²) < 4.78 is 0. The van der Waals surface area contributed by atoms with Gasteiger partial charge in [-0.3, -0.25) is 0 Å².